The van der Waals surface area contributed by atoms with Gasteiger partial charge in [-0.3, -0.25) is 4.52 Å². The first-order chi connectivity index (χ1) is 9.00. The standard InChI is InChI=1S/C11H15BrClO4PS/c1-2-16-18(15,19-7-3-6-14)17-11-5-4-9(12)8-10(11)13/h4-5,8,14H,2-3,6-7H2,1H3. The van der Waals surface area contributed by atoms with Crippen LogP contribution in [0.1, 0.15) is 13.3 Å². The number of rotatable bonds is 8. The summed E-state index contributed by atoms with van der Waals surface area (Å²) in [7, 11) is 0. The lowest BCUT2D eigenvalue weighted by Gasteiger charge is -2.18. The summed E-state index contributed by atoms with van der Waals surface area (Å²) < 4.78 is 23.9. The lowest BCUT2D eigenvalue weighted by molar-refractivity contribution is 0.294. The maximum atomic E-state index is 12.5. The fraction of sp³-hybridized carbons (Fsp3) is 0.455. The van der Waals surface area contributed by atoms with Gasteiger partial charge in [-0.2, -0.15) is 0 Å². The molecular formula is C11H15BrClO4PS. The summed E-state index contributed by atoms with van der Waals surface area (Å²) in [5.74, 6) is 0.806. The Morgan fingerprint density at radius 1 is 1.53 bits per heavy atom. The van der Waals surface area contributed by atoms with Crippen LogP contribution in [0.15, 0.2) is 22.7 Å². The average molecular weight is 390 g/mol. The number of benzene rings is 1. The van der Waals surface area contributed by atoms with E-state index in [4.69, 9.17) is 25.8 Å². The third-order valence-electron chi connectivity index (χ3n) is 1.94. The molecule has 0 aliphatic heterocycles. The van der Waals surface area contributed by atoms with Crippen molar-refractivity contribution in [1.82, 2.24) is 0 Å². The molecule has 4 nitrogen and oxygen atoms in total. The molecule has 1 aromatic rings. The Morgan fingerprint density at radius 2 is 2.26 bits per heavy atom. The van der Waals surface area contributed by atoms with Crippen LogP contribution >= 0.6 is 45.7 Å². The van der Waals surface area contributed by atoms with E-state index in [9.17, 15) is 4.57 Å². The van der Waals surface area contributed by atoms with E-state index in [2.05, 4.69) is 15.9 Å². The molecule has 0 heterocycles. The zero-order valence-corrected chi connectivity index (χ0v) is 14.4. The van der Waals surface area contributed by atoms with Gasteiger partial charge in [-0.25, -0.2) is 4.57 Å². The largest absolute Gasteiger partial charge is 0.440 e. The summed E-state index contributed by atoms with van der Waals surface area (Å²) in [5, 5.41) is 9.10. The van der Waals surface area contributed by atoms with Crippen LogP contribution in [0.2, 0.25) is 5.02 Å². The number of aliphatic hydroxyl groups excluding tert-OH is 1. The first kappa shape index (κ1) is 17.3. The molecule has 8 heteroatoms. The maximum Gasteiger partial charge on any atom is 0.440 e. The van der Waals surface area contributed by atoms with Gasteiger partial charge in [0.2, 0.25) is 0 Å². The minimum atomic E-state index is -3.31. The van der Waals surface area contributed by atoms with E-state index in [0.717, 1.165) is 15.9 Å². The lowest BCUT2D eigenvalue weighted by atomic mass is 10.3. The van der Waals surface area contributed by atoms with Crippen LogP contribution < -0.4 is 4.52 Å². The van der Waals surface area contributed by atoms with E-state index in [1.54, 1.807) is 25.1 Å². The van der Waals surface area contributed by atoms with Crippen LogP contribution in [-0.4, -0.2) is 24.1 Å². The van der Waals surface area contributed by atoms with Gasteiger partial charge in [0.25, 0.3) is 0 Å². The van der Waals surface area contributed by atoms with E-state index in [1.165, 1.54) is 0 Å². The predicted octanol–water partition coefficient (Wildman–Crippen LogP) is 4.74. The third-order valence-corrected chi connectivity index (χ3v) is 6.55. The molecule has 0 aliphatic carbocycles. The van der Waals surface area contributed by atoms with Crippen molar-refractivity contribution in [3.8, 4) is 5.75 Å². The second-order valence-electron chi connectivity index (χ2n) is 3.44. The summed E-state index contributed by atoms with van der Waals surface area (Å²) in [6.07, 6.45) is 0.527. The van der Waals surface area contributed by atoms with Crippen molar-refractivity contribution < 1.29 is 18.7 Å². The average Bonchev–Trinajstić information content (AvgIpc) is 2.34. The van der Waals surface area contributed by atoms with E-state index in [0.29, 0.717) is 22.9 Å². The Kier molecular flexibility index (Phi) is 7.80. The Labute approximate surface area is 130 Å². The van der Waals surface area contributed by atoms with Crippen molar-refractivity contribution in [3.05, 3.63) is 27.7 Å². The molecular weight excluding hydrogens is 375 g/mol. The molecule has 108 valence electrons. The molecule has 0 saturated heterocycles. The van der Waals surface area contributed by atoms with Crippen LogP contribution in [0.25, 0.3) is 0 Å². The van der Waals surface area contributed by atoms with Crippen LogP contribution in [-0.2, 0) is 9.09 Å². The fourth-order valence-corrected chi connectivity index (χ4v) is 5.30. The number of halogens is 2. The Morgan fingerprint density at radius 3 is 2.84 bits per heavy atom. The minimum absolute atomic E-state index is 0.0398. The number of hydrogen-bond acceptors (Lipinski definition) is 5. The molecule has 0 radical (unpaired) electrons. The summed E-state index contributed by atoms with van der Waals surface area (Å²) in [5.41, 5.74) is 0. The van der Waals surface area contributed by atoms with Crippen molar-refractivity contribution >= 4 is 45.7 Å². The van der Waals surface area contributed by atoms with Gasteiger partial charge in [0, 0.05) is 16.8 Å². The van der Waals surface area contributed by atoms with Crippen molar-refractivity contribution in [2.45, 2.75) is 13.3 Å². The smallest absolute Gasteiger partial charge is 0.415 e. The molecule has 0 aromatic heterocycles. The van der Waals surface area contributed by atoms with Gasteiger partial charge in [-0.15, -0.1) is 0 Å². The maximum absolute atomic E-state index is 12.5. The van der Waals surface area contributed by atoms with E-state index >= 15 is 0 Å². The molecule has 0 saturated carbocycles. The molecule has 1 N–H and O–H groups in total. The summed E-state index contributed by atoms with van der Waals surface area (Å²) in [4.78, 5) is 0. The highest BCUT2D eigenvalue weighted by Crippen LogP contribution is 2.60. The normalized spacial score (nSPS) is 14.1. The van der Waals surface area contributed by atoms with Crippen LogP contribution in [0.3, 0.4) is 0 Å². The van der Waals surface area contributed by atoms with Gasteiger partial charge >= 0.3 is 6.80 Å². The zero-order valence-electron chi connectivity index (χ0n) is 10.3. The highest BCUT2D eigenvalue weighted by molar-refractivity contribution is 9.10. The molecule has 1 unspecified atom stereocenters. The summed E-state index contributed by atoms with van der Waals surface area (Å²) in [6, 6.07) is 5.03. The van der Waals surface area contributed by atoms with E-state index in [-0.39, 0.29) is 13.2 Å². The van der Waals surface area contributed by atoms with E-state index < -0.39 is 6.80 Å². The van der Waals surface area contributed by atoms with Crippen molar-refractivity contribution in [2.24, 2.45) is 0 Å². The van der Waals surface area contributed by atoms with Crippen molar-refractivity contribution in [3.63, 3.8) is 0 Å². The molecule has 0 fully saturated rings. The van der Waals surface area contributed by atoms with Crippen molar-refractivity contribution in [2.75, 3.05) is 19.0 Å². The van der Waals surface area contributed by atoms with Gasteiger partial charge in [-0.05, 0) is 42.9 Å². The SMILES string of the molecule is CCOP(=O)(Oc1ccc(Br)cc1Cl)SCCCO. The minimum Gasteiger partial charge on any atom is -0.415 e. The summed E-state index contributed by atoms with van der Waals surface area (Å²) >= 11 is 10.4. The first-order valence-electron chi connectivity index (χ1n) is 5.65. The lowest BCUT2D eigenvalue weighted by Crippen LogP contribution is -1.97. The monoisotopic (exact) mass is 388 g/mol. The first-order valence-corrected chi connectivity index (χ1v) is 9.96. The Hall–Kier alpha value is 0.290. The molecule has 19 heavy (non-hydrogen) atoms. The molecule has 1 rings (SSSR count). The predicted molar refractivity (Wildman–Crippen MR) is 83.2 cm³/mol. The second kappa shape index (κ2) is 8.55. The Bertz CT molecular complexity index is 460. The van der Waals surface area contributed by atoms with Gasteiger partial charge in [-0.1, -0.05) is 27.5 Å². The van der Waals surface area contributed by atoms with Crippen molar-refractivity contribution in [1.29, 1.82) is 0 Å². The molecule has 0 spiro atoms. The Balaban J connectivity index is 2.79. The fourth-order valence-electron chi connectivity index (χ4n) is 1.16. The molecule has 0 bridgehead atoms. The summed E-state index contributed by atoms with van der Waals surface area (Å²) in [6.45, 7) is -1.25. The topological polar surface area (TPSA) is 55.8 Å². The molecule has 1 atom stereocenters. The van der Waals surface area contributed by atoms with Gasteiger partial charge < -0.3 is 9.63 Å². The van der Waals surface area contributed by atoms with E-state index in [1.807, 2.05) is 0 Å². The zero-order chi connectivity index (χ0) is 14.3. The third kappa shape index (κ3) is 6.06. The number of aliphatic hydroxyl groups is 1. The highest BCUT2D eigenvalue weighted by atomic mass is 79.9. The van der Waals surface area contributed by atoms with Gasteiger partial charge in [0.15, 0.2) is 0 Å². The quantitative estimate of drug-likeness (QED) is 0.514. The number of hydrogen-bond donors (Lipinski definition) is 1. The van der Waals surface area contributed by atoms with Gasteiger partial charge in [0.05, 0.1) is 11.6 Å². The molecule has 0 aliphatic rings. The van der Waals surface area contributed by atoms with Crippen LogP contribution in [0.4, 0.5) is 0 Å². The molecule has 0 amide bonds. The molecule has 1 aromatic carbocycles. The van der Waals surface area contributed by atoms with Gasteiger partial charge in [0.1, 0.15) is 5.75 Å². The highest BCUT2D eigenvalue weighted by Gasteiger charge is 2.27. The second-order valence-corrected chi connectivity index (χ2v) is 8.88. The van der Waals surface area contributed by atoms with Crippen LogP contribution in [0, 0.1) is 0 Å². The van der Waals surface area contributed by atoms with Crippen LogP contribution in [0.5, 0.6) is 5.75 Å².